The molecule has 1 saturated heterocycles. The predicted molar refractivity (Wildman–Crippen MR) is 153 cm³/mol. The normalized spacial score (nSPS) is 20.1. The molecule has 7 nitrogen and oxygen atoms in total. The van der Waals surface area contributed by atoms with Gasteiger partial charge in [-0.15, -0.1) is 11.8 Å². The molecular formula is C31H36N2O5S. The fraction of sp³-hybridized carbons (Fsp3) is 0.355. The van der Waals surface area contributed by atoms with Gasteiger partial charge in [-0.2, -0.15) is 0 Å². The first-order chi connectivity index (χ1) is 18.5. The minimum atomic E-state index is -2.24. The van der Waals surface area contributed by atoms with Crippen LogP contribution >= 0.6 is 11.8 Å². The Hall–Kier alpha value is -3.17. The molecule has 0 aliphatic carbocycles. The minimum Gasteiger partial charge on any atom is -0.468 e. The maximum atomic E-state index is 14.0. The van der Waals surface area contributed by atoms with E-state index in [1.165, 1.54) is 18.9 Å². The van der Waals surface area contributed by atoms with Crippen molar-refractivity contribution in [1.29, 1.82) is 0 Å². The van der Waals surface area contributed by atoms with Gasteiger partial charge in [0.25, 0.3) is 0 Å². The molecule has 0 amide bonds. The number of benzene rings is 3. The van der Waals surface area contributed by atoms with E-state index in [0.717, 1.165) is 0 Å². The van der Waals surface area contributed by atoms with E-state index in [4.69, 9.17) is 15.2 Å². The van der Waals surface area contributed by atoms with Crippen LogP contribution in [0.2, 0.25) is 0 Å². The van der Waals surface area contributed by atoms with Gasteiger partial charge < -0.3 is 20.3 Å². The van der Waals surface area contributed by atoms with E-state index in [0.29, 0.717) is 22.4 Å². The van der Waals surface area contributed by atoms with Gasteiger partial charge in [0.05, 0.1) is 17.9 Å². The molecule has 39 heavy (non-hydrogen) atoms. The van der Waals surface area contributed by atoms with Gasteiger partial charge in [0.15, 0.2) is 0 Å². The van der Waals surface area contributed by atoms with Gasteiger partial charge >= 0.3 is 11.9 Å². The summed E-state index contributed by atoms with van der Waals surface area (Å²) < 4.78 is 10.8. The third-order valence-corrected chi connectivity index (χ3v) is 8.25. The predicted octanol–water partition coefficient (Wildman–Crippen LogP) is 3.83. The number of aliphatic hydroxyl groups is 1. The Bertz CT molecular complexity index is 1170. The number of carbonyl (C=O) groups is 2. The molecule has 0 spiro atoms. The van der Waals surface area contributed by atoms with Crippen molar-refractivity contribution in [2.24, 2.45) is 11.7 Å². The van der Waals surface area contributed by atoms with Crippen molar-refractivity contribution in [1.82, 2.24) is 5.32 Å². The summed E-state index contributed by atoms with van der Waals surface area (Å²) in [5, 5.41) is 15.3. The van der Waals surface area contributed by atoms with Crippen molar-refractivity contribution in [3.8, 4) is 0 Å². The molecule has 0 aromatic heterocycles. The molecule has 1 fully saturated rings. The summed E-state index contributed by atoms with van der Waals surface area (Å²) in [5.74, 6) is -2.07. The first-order valence-corrected chi connectivity index (χ1v) is 13.9. The number of ether oxygens (including phenoxy) is 2. The highest BCUT2D eigenvalue weighted by atomic mass is 32.2. The molecule has 8 heteroatoms. The lowest BCUT2D eigenvalue weighted by Gasteiger charge is -2.50. The van der Waals surface area contributed by atoms with Crippen molar-refractivity contribution in [2.75, 3.05) is 12.9 Å². The van der Waals surface area contributed by atoms with E-state index < -0.39 is 46.0 Å². The zero-order valence-corrected chi connectivity index (χ0v) is 23.5. The Labute approximate surface area is 234 Å². The molecule has 4 N–H and O–H groups in total. The zero-order chi connectivity index (χ0) is 28.3. The standard InChI is InChI=1S/C31H36N2O5S/c1-29(2,3)38-28(35)25(26-33-24(20-39-26)27(34)37-4)31(32,36)30(21-14-8-5-9-15-21,22-16-10-6-11-17-22)23-18-12-7-13-19-23/h5-19,24-26,33,36H,20,32H2,1-4H3. The summed E-state index contributed by atoms with van der Waals surface area (Å²) in [6.45, 7) is 5.30. The van der Waals surface area contributed by atoms with Crippen molar-refractivity contribution >= 4 is 23.7 Å². The Kier molecular flexibility index (Phi) is 8.51. The van der Waals surface area contributed by atoms with Crippen LogP contribution in [0.3, 0.4) is 0 Å². The topological polar surface area (TPSA) is 111 Å². The van der Waals surface area contributed by atoms with Crippen molar-refractivity contribution in [3.63, 3.8) is 0 Å². The molecule has 3 aromatic carbocycles. The van der Waals surface area contributed by atoms with E-state index >= 15 is 0 Å². The van der Waals surface area contributed by atoms with Gasteiger partial charge in [-0.1, -0.05) is 91.0 Å². The molecule has 1 heterocycles. The third kappa shape index (κ3) is 5.61. The maximum absolute atomic E-state index is 14.0. The zero-order valence-electron chi connectivity index (χ0n) is 22.7. The Morgan fingerprint density at radius 2 is 1.33 bits per heavy atom. The van der Waals surface area contributed by atoms with E-state index in [1.807, 2.05) is 91.0 Å². The molecule has 0 bridgehead atoms. The van der Waals surface area contributed by atoms with Crippen molar-refractivity contribution in [2.45, 2.75) is 48.9 Å². The molecule has 1 aliphatic rings. The van der Waals surface area contributed by atoms with E-state index in [9.17, 15) is 14.7 Å². The van der Waals surface area contributed by atoms with Crippen LogP contribution in [-0.2, 0) is 24.5 Å². The lowest BCUT2D eigenvalue weighted by molar-refractivity contribution is -0.174. The van der Waals surface area contributed by atoms with Gasteiger partial charge in [0.1, 0.15) is 23.3 Å². The molecule has 4 rings (SSSR count). The smallest absolute Gasteiger partial charge is 0.323 e. The first kappa shape index (κ1) is 28.8. The number of thioether (sulfide) groups is 1. The molecule has 0 saturated carbocycles. The van der Waals surface area contributed by atoms with Crippen LogP contribution < -0.4 is 11.1 Å². The quantitative estimate of drug-likeness (QED) is 0.221. The van der Waals surface area contributed by atoms with Crippen LogP contribution in [0.1, 0.15) is 37.5 Å². The lowest BCUT2D eigenvalue weighted by atomic mass is 9.59. The Balaban J connectivity index is 2.00. The average Bonchev–Trinajstić information content (AvgIpc) is 3.38. The Morgan fingerprint density at radius 3 is 1.72 bits per heavy atom. The minimum absolute atomic E-state index is 0.349. The monoisotopic (exact) mass is 548 g/mol. The lowest BCUT2D eigenvalue weighted by Crippen LogP contribution is -2.69. The summed E-state index contributed by atoms with van der Waals surface area (Å²) in [6, 6.07) is 27.7. The number of carbonyl (C=O) groups excluding carboxylic acids is 2. The largest absolute Gasteiger partial charge is 0.468 e. The van der Waals surface area contributed by atoms with Gasteiger partial charge in [0.2, 0.25) is 0 Å². The molecule has 4 unspecified atom stereocenters. The van der Waals surface area contributed by atoms with Crippen LogP contribution in [0.4, 0.5) is 0 Å². The number of methoxy groups -OCH3 is 1. The van der Waals surface area contributed by atoms with Crippen molar-refractivity contribution < 1.29 is 24.2 Å². The number of esters is 2. The summed E-state index contributed by atoms with van der Waals surface area (Å²) in [5.41, 5.74) is 4.80. The highest BCUT2D eigenvalue weighted by molar-refractivity contribution is 8.00. The SMILES string of the molecule is COC(=O)C1CSC(C(C(=O)OC(C)(C)C)C(N)(O)C(c2ccccc2)(c2ccccc2)c2ccccc2)N1. The van der Waals surface area contributed by atoms with Gasteiger partial charge in [-0.25, -0.2) is 0 Å². The molecule has 4 atom stereocenters. The average molecular weight is 549 g/mol. The highest BCUT2D eigenvalue weighted by Crippen LogP contribution is 2.50. The van der Waals surface area contributed by atoms with Crippen LogP contribution in [0, 0.1) is 5.92 Å². The van der Waals surface area contributed by atoms with E-state index in [1.54, 1.807) is 20.8 Å². The second-order valence-electron chi connectivity index (χ2n) is 10.7. The molecule has 206 valence electrons. The molecule has 0 radical (unpaired) electrons. The number of nitrogens with two attached hydrogens (primary N) is 1. The summed E-state index contributed by atoms with van der Waals surface area (Å²) >= 11 is 1.33. The molecule has 1 aliphatic heterocycles. The summed E-state index contributed by atoms with van der Waals surface area (Å²) in [4.78, 5) is 26.4. The second-order valence-corrected chi connectivity index (χ2v) is 11.9. The number of hydrogen-bond acceptors (Lipinski definition) is 8. The van der Waals surface area contributed by atoms with Gasteiger partial charge in [0, 0.05) is 5.75 Å². The van der Waals surface area contributed by atoms with Crippen LogP contribution in [-0.4, -0.2) is 52.6 Å². The number of nitrogens with one attached hydrogen (secondary N) is 1. The van der Waals surface area contributed by atoms with Crippen LogP contribution in [0.5, 0.6) is 0 Å². The van der Waals surface area contributed by atoms with Crippen LogP contribution in [0.25, 0.3) is 0 Å². The molecular weight excluding hydrogens is 512 g/mol. The summed E-state index contributed by atoms with van der Waals surface area (Å²) in [6.07, 6.45) is 0. The fourth-order valence-corrected chi connectivity index (χ4v) is 6.76. The second kappa shape index (κ2) is 11.5. The van der Waals surface area contributed by atoms with Crippen LogP contribution in [0.15, 0.2) is 91.0 Å². The third-order valence-electron chi connectivity index (χ3n) is 6.95. The molecule has 3 aromatic rings. The van der Waals surface area contributed by atoms with Gasteiger partial charge in [-0.3, -0.25) is 14.9 Å². The maximum Gasteiger partial charge on any atom is 0.323 e. The first-order valence-electron chi connectivity index (χ1n) is 12.9. The fourth-order valence-electron chi connectivity index (χ4n) is 5.36. The van der Waals surface area contributed by atoms with E-state index in [2.05, 4.69) is 5.32 Å². The highest BCUT2D eigenvalue weighted by Gasteiger charge is 2.61. The number of hydrogen-bond donors (Lipinski definition) is 3. The van der Waals surface area contributed by atoms with Crippen molar-refractivity contribution in [3.05, 3.63) is 108 Å². The Morgan fingerprint density at radius 1 is 0.897 bits per heavy atom. The van der Waals surface area contributed by atoms with Gasteiger partial charge in [-0.05, 0) is 37.5 Å². The van der Waals surface area contributed by atoms with E-state index in [-0.39, 0.29) is 0 Å². The summed E-state index contributed by atoms with van der Waals surface area (Å²) in [7, 11) is 1.32. The number of rotatable bonds is 8.